The first-order valence-electron chi connectivity index (χ1n) is 4.96. The van der Waals surface area contributed by atoms with E-state index in [0.717, 1.165) is 15.6 Å². The third-order valence-electron chi connectivity index (χ3n) is 2.35. The molecule has 1 heterocycles. The minimum absolute atomic E-state index is 0.0216. The van der Waals surface area contributed by atoms with Gasteiger partial charge in [0.25, 0.3) is 0 Å². The topological polar surface area (TPSA) is 26.3 Å². The van der Waals surface area contributed by atoms with Gasteiger partial charge in [-0.3, -0.25) is 4.79 Å². The maximum absolute atomic E-state index is 11.3. The molecule has 1 aromatic rings. The number of carbonyl (C=O) groups is 1. The Balaban J connectivity index is 2.26. The number of ether oxygens (including phenoxy) is 1. The highest BCUT2D eigenvalue weighted by atomic mass is 79.9. The lowest BCUT2D eigenvalue weighted by Crippen LogP contribution is -2.17. The van der Waals surface area contributed by atoms with Crippen LogP contribution in [-0.2, 0) is 9.53 Å². The predicted octanol–water partition coefficient (Wildman–Crippen LogP) is 3.33. The number of benzene rings is 1. The number of carbonyl (C=O) groups excluding carboxylic acids is 1. The molecule has 1 unspecified atom stereocenters. The van der Waals surface area contributed by atoms with Crippen LogP contribution in [0.15, 0.2) is 46.6 Å². The van der Waals surface area contributed by atoms with Crippen molar-refractivity contribution in [3.05, 3.63) is 52.2 Å². The molecule has 82 valence electrons. The highest BCUT2D eigenvalue weighted by molar-refractivity contribution is 9.10. The van der Waals surface area contributed by atoms with E-state index >= 15 is 0 Å². The van der Waals surface area contributed by atoms with Crippen molar-refractivity contribution in [2.24, 2.45) is 0 Å². The van der Waals surface area contributed by atoms with Crippen molar-refractivity contribution in [2.75, 3.05) is 0 Å². The fourth-order valence-corrected chi connectivity index (χ4v) is 1.83. The van der Waals surface area contributed by atoms with Crippen LogP contribution in [0.1, 0.15) is 12.5 Å². The summed E-state index contributed by atoms with van der Waals surface area (Å²) < 4.78 is 6.25. The third kappa shape index (κ3) is 2.42. The van der Waals surface area contributed by atoms with Gasteiger partial charge in [0.05, 0.1) is 6.26 Å². The van der Waals surface area contributed by atoms with Crippen molar-refractivity contribution in [3.63, 3.8) is 0 Å². The number of ketones is 1. The Morgan fingerprint density at radius 1 is 1.38 bits per heavy atom. The minimum Gasteiger partial charge on any atom is -0.486 e. The van der Waals surface area contributed by atoms with Gasteiger partial charge in [-0.05, 0) is 36.8 Å². The van der Waals surface area contributed by atoms with Crippen molar-refractivity contribution in [2.45, 2.75) is 13.0 Å². The normalized spacial score (nSPS) is 21.1. The number of hydrogen-bond donors (Lipinski definition) is 0. The van der Waals surface area contributed by atoms with E-state index in [4.69, 9.17) is 4.74 Å². The molecule has 1 aliphatic heterocycles. The van der Waals surface area contributed by atoms with Gasteiger partial charge in [0, 0.05) is 10.0 Å². The first-order valence-corrected chi connectivity index (χ1v) is 5.76. The van der Waals surface area contributed by atoms with E-state index in [9.17, 15) is 4.79 Å². The molecule has 0 saturated carbocycles. The quantitative estimate of drug-likeness (QED) is 0.830. The number of Topliss-reactive ketones (excluding diaryl/α,β-unsaturated/α-hetero) is 1. The van der Waals surface area contributed by atoms with Crippen LogP contribution in [0.2, 0.25) is 0 Å². The second-order valence-corrected chi connectivity index (χ2v) is 4.54. The van der Waals surface area contributed by atoms with Crippen LogP contribution in [-0.4, -0.2) is 11.9 Å². The first kappa shape index (κ1) is 11.1. The standard InChI is InChI=1S/C13H11BrO2/c1-9(15)13-11(6-7-16-13)8-10-2-4-12(14)5-3-10/h2-8,13H,1H3. The minimum atomic E-state index is -0.441. The lowest BCUT2D eigenvalue weighted by molar-refractivity contribution is -0.122. The molecule has 1 aromatic carbocycles. The van der Waals surface area contributed by atoms with Gasteiger partial charge in [-0.1, -0.05) is 28.1 Å². The lowest BCUT2D eigenvalue weighted by Gasteiger charge is -2.07. The molecule has 0 fully saturated rings. The lowest BCUT2D eigenvalue weighted by atomic mass is 10.0. The summed E-state index contributed by atoms with van der Waals surface area (Å²) in [6, 6.07) is 7.91. The van der Waals surface area contributed by atoms with Gasteiger partial charge in [-0.25, -0.2) is 0 Å². The van der Waals surface area contributed by atoms with Gasteiger partial charge in [0.1, 0.15) is 0 Å². The van der Waals surface area contributed by atoms with Crippen LogP contribution >= 0.6 is 15.9 Å². The third-order valence-corrected chi connectivity index (χ3v) is 2.88. The Labute approximate surface area is 103 Å². The second-order valence-electron chi connectivity index (χ2n) is 3.63. The van der Waals surface area contributed by atoms with Crippen molar-refractivity contribution < 1.29 is 9.53 Å². The molecule has 0 bridgehead atoms. The molecule has 0 amide bonds. The molecular weight excluding hydrogens is 268 g/mol. The van der Waals surface area contributed by atoms with Gasteiger partial charge in [-0.15, -0.1) is 0 Å². The van der Waals surface area contributed by atoms with Crippen LogP contribution in [0.25, 0.3) is 6.08 Å². The van der Waals surface area contributed by atoms with Crippen LogP contribution in [0.4, 0.5) is 0 Å². The molecule has 0 spiro atoms. The van der Waals surface area contributed by atoms with Gasteiger partial charge < -0.3 is 4.74 Å². The Morgan fingerprint density at radius 3 is 2.69 bits per heavy atom. The molecule has 0 N–H and O–H groups in total. The van der Waals surface area contributed by atoms with E-state index in [2.05, 4.69) is 15.9 Å². The fourth-order valence-electron chi connectivity index (χ4n) is 1.57. The summed E-state index contributed by atoms with van der Waals surface area (Å²) >= 11 is 3.38. The van der Waals surface area contributed by atoms with Crippen LogP contribution < -0.4 is 0 Å². The Hall–Kier alpha value is -1.35. The van der Waals surface area contributed by atoms with E-state index in [1.165, 1.54) is 6.92 Å². The maximum Gasteiger partial charge on any atom is 0.181 e. The highest BCUT2D eigenvalue weighted by Gasteiger charge is 2.21. The predicted molar refractivity (Wildman–Crippen MR) is 66.8 cm³/mol. The molecule has 16 heavy (non-hydrogen) atoms. The van der Waals surface area contributed by atoms with Crippen molar-refractivity contribution in [3.8, 4) is 0 Å². The van der Waals surface area contributed by atoms with Crippen LogP contribution in [0.3, 0.4) is 0 Å². The zero-order valence-electron chi connectivity index (χ0n) is 8.81. The van der Waals surface area contributed by atoms with E-state index < -0.39 is 6.10 Å². The van der Waals surface area contributed by atoms with Crippen molar-refractivity contribution >= 4 is 27.8 Å². The molecule has 2 rings (SSSR count). The van der Waals surface area contributed by atoms with E-state index in [1.807, 2.05) is 36.4 Å². The van der Waals surface area contributed by atoms with Crippen molar-refractivity contribution in [1.82, 2.24) is 0 Å². The van der Waals surface area contributed by atoms with Crippen LogP contribution in [0.5, 0.6) is 0 Å². The molecule has 0 radical (unpaired) electrons. The molecule has 3 heteroatoms. The van der Waals surface area contributed by atoms with E-state index in [-0.39, 0.29) is 5.78 Å². The van der Waals surface area contributed by atoms with Gasteiger partial charge in [-0.2, -0.15) is 0 Å². The summed E-state index contributed by atoms with van der Waals surface area (Å²) in [5.41, 5.74) is 1.95. The SMILES string of the molecule is CC(=O)C1OC=CC1=Cc1ccc(Br)cc1. The van der Waals surface area contributed by atoms with E-state index in [0.29, 0.717) is 0 Å². The van der Waals surface area contributed by atoms with E-state index in [1.54, 1.807) is 6.26 Å². The molecule has 1 aliphatic rings. The second kappa shape index (κ2) is 4.66. The summed E-state index contributed by atoms with van der Waals surface area (Å²) in [5.74, 6) is 0.0216. The molecule has 1 atom stereocenters. The number of hydrogen-bond acceptors (Lipinski definition) is 2. The largest absolute Gasteiger partial charge is 0.486 e. The Morgan fingerprint density at radius 2 is 2.06 bits per heavy atom. The average molecular weight is 279 g/mol. The molecule has 2 nitrogen and oxygen atoms in total. The zero-order chi connectivity index (χ0) is 11.5. The molecule has 0 aromatic heterocycles. The van der Waals surface area contributed by atoms with Gasteiger partial charge in [0.15, 0.2) is 11.9 Å². The van der Waals surface area contributed by atoms with Crippen molar-refractivity contribution in [1.29, 1.82) is 0 Å². The smallest absolute Gasteiger partial charge is 0.181 e. The summed E-state index contributed by atoms with van der Waals surface area (Å²) in [7, 11) is 0. The highest BCUT2D eigenvalue weighted by Crippen LogP contribution is 2.21. The summed E-state index contributed by atoms with van der Waals surface area (Å²) in [6.45, 7) is 1.53. The van der Waals surface area contributed by atoms with Gasteiger partial charge >= 0.3 is 0 Å². The monoisotopic (exact) mass is 278 g/mol. The summed E-state index contributed by atoms with van der Waals surface area (Å²) in [6.07, 6.45) is 4.91. The molecular formula is C13H11BrO2. The summed E-state index contributed by atoms with van der Waals surface area (Å²) in [4.78, 5) is 11.3. The molecule has 0 saturated heterocycles. The van der Waals surface area contributed by atoms with Crippen LogP contribution in [0, 0.1) is 0 Å². The van der Waals surface area contributed by atoms with Gasteiger partial charge in [0.2, 0.25) is 0 Å². The zero-order valence-corrected chi connectivity index (χ0v) is 10.4. The summed E-state index contributed by atoms with van der Waals surface area (Å²) in [5, 5.41) is 0. The Kier molecular flexibility index (Phi) is 3.25. The number of halogens is 1. The Bertz CT molecular complexity index is 457. The molecule has 0 aliphatic carbocycles. The maximum atomic E-state index is 11.3. The fraction of sp³-hybridized carbons (Fsp3) is 0.154. The average Bonchev–Trinajstić information content (AvgIpc) is 2.69. The number of rotatable bonds is 2. The first-order chi connectivity index (χ1) is 7.66.